The molecular weight excluding hydrogens is 202 g/mol. The van der Waals surface area contributed by atoms with Gasteiger partial charge in [0.1, 0.15) is 0 Å². The minimum Gasteiger partial charge on any atom is -0.478 e. The minimum atomic E-state index is -1.26. The van der Waals surface area contributed by atoms with Crippen LogP contribution in [0.25, 0.3) is 0 Å². The molecule has 0 aliphatic heterocycles. The van der Waals surface area contributed by atoms with Crippen molar-refractivity contribution in [3.05, 3.63) is 12.2 Å². The summed E-state index contributed by atoms with van der Waals surface area (Å²) in [5.74, 6) is -2.33. The molecular formula is C9H15NO5. The molecule has 1 amide bonds. The van der Waals surface area contributed by atoms with Crippen molar-refractivity contribution < 1.29 is 24.6 Å². The van der Waals surface area contributed by atoms with Crippen LogP contribution in [0.1, 0.15) is 20.3 Å². The summed E-state index contributed by atoms with van der Waals surface area (Å²) in [4.78, 5) is 29.1. The van der Waals surface area contributed by atoms with Crippen LogP contribution in [0.2, 0.25) is 0 Å². The van der Waals surface area contributed by atoms with Crippen molar-refractivity contribution in [1.82, 2.24) is 0 Å². The number of amides is 1. The van der Waals surface area contributed by atoms with Gasteiger partial charge >= 0.3 is 11.9 Å². The Kier molecular flexibility index (Phi) is 9.09. The number of rotatable bonds is 4. The van der Waals surface area contributed by atoms with E-state index in [4.69, 9.17) is 15.9 Å². The van der Waals surface area contributed by atoms with Crippen molar-refractivity contribution in [2.75, 3.05) is 0 Å². The smallest absolute Gasteiger partial charge is 0.328 e. The highest BCUT2D eigenvalue weighted by Crippen LogP contribution is 1.95. The maximum atomic E-state index is 10.0. The first-order chi connectivity index (χ1) is 6.75. The molecule has 0 radical (unpaired) electrons. The molecule has 0 saturated heterocycles. The quantitative estimate of drug-likeness (QED) is 0.582. The number of hydrogen-bond acceptors (Lipinski definition) is 3. The second kappa shape index (κ2) is 8.74. The summed E-state index contributed by atoms with van der Waals surface area (Å²) in [6.45, 7) is 3.93. The zero-order valence-corrected chi connectivity index (χ0v) is 8.64. The standard InChI is InChI=1S/C5H11NO.C4H4O4/c1-4(2)3-5(6)7;5-3(6)1-2-4(7)8/h4H,3H2,1-2H3,(H2,6,7);1-2H,(H,5,6)(H,7,8)/b;2-1-. The van der Waals surface area contributed by atoms with Gasteiger partial charge in [-0.15, -0.1) is 0 Å². The Hall–Kier alpha value is -1.85. The van der Waals surface area contributed by atoms with E-state index in [-0.39, 0.29) is 5.91 Å². The van der Waals surface area contributed by atoms with E-state index < -0.39 is 11.9 Å². The van der Waals surface area contributed by atoms with Crippen LogP contribution in [0.5, 0.6) is 0 Å². The largest absolute Gasteiger partial charge is 0.478 e. The molecule has 0 saturated carbocycles. The average Bonchev–Trinajstić information content (AvgIpc) is 1.99. The summed E-state index contributed by atoms with van der Waals surface area (Å²) in [5, 5.41) is 15.6. The highest BCUT2D eigenvalue weighted by atomic mass is 16.4. The molecule has 0 rings (SSSR count). The van der Waals surface area contributed by atoms with Crippen LogP contribution in [0.15, 0.2) is 12.2 Å². The number of primary amides is 1. The fourth-order valence-corrected chi connectivity index (χ4v) is 0.545. The van der Waals surface area contributed by atoms with Gasteiger partial charge in [0.15, 0.2) is 0 Å². The normalized spacial score (nSPS) is 9.53. The molecule has 0 aliphatic carbocycles. The number of carboxylic acid groups (broad SMARTS) is 2. The van der Waals surface area contributed by atoms with Crippen LogP contribution in [-0.4, -0.2) is 28.1 Å². The SMILES string of the molecule is CC(C)CC(N)=O.O=C(O)/C=C\C(=O)O. The van der Waals surface area contributed by atoms with Crippen LogP contribution >= 0.6 is 0 Å². The van der Waals surface area contributed by atoms with Crippen LogP contribution in [0.3, 0.4) is 0 Å². The Morgan fingerprint density at radius 3 is 1.53 bits per heavy atom. The predicted molar refractivity (Wildman–Crippen MR) is 53.1 cm³/mol. The number of carbonyl (C=O) groups excluding carboxylic acids is 1. The zero-order chi connectivity index (χ0) is 12.4. The molecule has 0 bridgehead atoms. The fourth-order valence-electron chi connectivity index (χ4n) is 0.545. The second-order valence-corrected chi connectivity index (χ2v) is 3.07. The molecule has 0 spiro atoms. The van der Waals surface area contributed by atoms with Crippen LogP contribution in [0, 0.1) is 5.92 Å². The van der Waals surface area contributed by atoms with E-state index in [0.717, 1.165) is 0 Å². The van der Waals surface area contributed by atoms with Gasteiger partial charge in [-0.25, -0.2) is 9.59 Å². The summed E-state index contributed by atoms with van der Waals surface area (Å²) in [5.41, 5.74) is 4.85. The molecule has 0 aromatic heterocycles. The number of hydrogen-bond donors (Lipinski definition) is 3. The fraction of sp³-hybridized carbons (Fsp3) is 0.444. The van der Waals surface area contributed by atoms with E-state index in [1.165, 1.54) is 0 Å². The Morgan fingerprint density at radius 1 is 1.13 bits per heavy atom. The van der Waals surface area contributed by atoms with Gasteiger partial charge in [0, 0.05) is 18.6 Å². The molecule has 86 valence electrons. The molecule has 0 unspecified atom stereocenters. The van der Waals surface area contributed by atoms with Crippen molar-refractivity contribution in [3.8, 4) is 0 Å². The summed E-state index contributed by atoms with van der Waals surface area (Å²) in [7, 11) is 0. The van der Waals surface area contributed by atoms with E-state index >= 15 is 0 Å². The summed E-state index contributed by atoms with van der Waals surface area (Å²) < 4.78 is 0. The monoisotopic (exact) mass is 217 g/mol. The molecule has 15 heavy (non-hydrogen) atoms. The van der Waals surface area contributed by atoms with Gasteiger partial charge < -0.3 is 15.9 Å². The van der Waals surface area contributed by atoms with E-state index in [9.17, 15) is 14.4 Å². The van der Waals surface area contributed by atoms with Gasteiger partial charge in [-0.1, -0.05) is 13.8 Å². The van der Waals surface area contributed by atoms with Gasteiger partial charge in [0.05, 0.1) is 0 Å². The summed E-state index contributed by atoms with van der Waals surface area (Å²) in [6.07, 6.45) is 1.62. The van der Waals surface area contributed by atoms with E-state index in [1.54, 1.807) is 0 Å². The minimum absolute atomic E-state index is 0.213. The Bertz CT molecular complexity index is 241. The maximum Gasteiger partial charge on any atom is 0.328 e. The van der Waals surface area contributed by atoms with Gasteiger partial charge in [0.2, 0.25) is 5.91 Å². The number of aliphatic carboxylic acids is 2. The molecule has 6 heteroatoms. The lowest BCUT2D eigenvalue weighted by Gasteiger charge is -1.95. The lowest BCUT2D eigenvalue weighted by molar-refractivity contribution is -0.134. The molecule has 4 N–H and O–H groups in total. The van der Waals surface area contributed by atoms with Crippen LogP contribution in [-0.2, 0) is 14.4 Å². The van der Waals surface area contributed by atoms with Crippen molar-refractivity contribution in [1.29, 1.82) is 0 Å². The zero-order valence-electron chi connectivity index (χ0n) is 8.64. The molecule has 0 aromatic carbocycles. The number of carbonyl (C=O) groups is 3. The highest BCUT2D eigenvalue weighted by molar-refractivity contribution is 5.89. The second-order valence-electron chi connectivity index (χ2n) is 3.07. The van der Waals surface area contributed by atoms with Crippen LogP contribution in [0.4, 0.5) is 0 Å². The van der Waals surface area contributed by atoms with Crippen molar-refractivity contribution in [2.45, 2.75) is 20.3 Å². The maximum absolute atomic E-state index is 10.0. The topological polar surface area (TPSA) is 118 Å². The summed E-state index contributed by atoms with van der Waals surface area (Å²) >= 11 is 0. The number of carboxylic acids is 2. The van der Waals surface area contributed by atoms with Gasteiger partial charge in [-0.2, -0.15) is 0 Å². The van der Waals surface area contributed by atoms with E-state index in [0.29, 0.717) is 24.5 Å². The molecule has 0 aromatic rings. The molecule has 0 atom stereocenters. The first kappa shape index (κ1) is 15.6. The first-order valence-corrected chi connectivity index (χ1v) is 4.18. The molecule has 6 nitrogen and oxygen atoms in total. The van der Waals surface area contributed by atoms with Crippen molar-refractivity contribution in [3.63, 3.8) is 0 Å². The Labute approximate surface area is 87.4 Å². The van der Waals surface area contributed by atoms with Gasteiger partial charge in [-0.3, -0.25) is 4.79 Å². The lowest BCUT2D eigenvalue weighted by Crippen LogP contribution is -2.12. The first-order valence-electron chi connectivity index (χ1n) is 4.18. The third kappa shape index (κ3) is 24.5. The Morgan fingerprint density at radius 2 is 1.47 bits per heavy atom. The molecule has 0 aliphatic rings. The van der Waals surface area contributed by atoms with Gasteiger partial charge in [-0.05, 0) is 5.92 Å². The third-order valence-corrected chi connectivity index (χ3v) is 0.978. The van der Waals surface area contributed by atoms with E-state index in [1.807, 2.05) is 13.8 Å². The molecule has 0 fully saturated rings. The third-order valence-electron chi connectivity index (χ3n) is 0.978. The average molecular weight is 217 g/mol. The predicted octanol–water partition coefficient (Wildman–Crippen LogP) is 0.230. The lowest BCUT2D eigenvalue weighted by atomic mass is 10.1. The molecule has 0 heterocycles. The summed E-state index contributed by atoms with van der Waals surface area (Å²) in [6, 6.07) is 0. The van der Waals surface area contributed by atoms with Gasteiger partial charge in [0.25, 0.3) is 0 Å². The van der Waals surface area contributed by atoms with Crippen molar-refractivity contribution >= 4 is 17.8 Å². The van der Waals surface area contributed by atoms with Crippen LogP contribution < -0.4 is 5.73 Å². The van der Waals surface area contributed by atoms with E-state index in [2.05, 4.69) is 0 Å². The highest BCUT2D eigenvalue weighted by Gasteiger charge is 1.96. The Balaban J connectivity index is 0. The number of nitrogens with two attached hydrogens (primary N) is 1. The van der Waals surface area contributed by atoms with Crippen molar-refractivity contribution in [2.24, 2.45) is 11.7 Å².